The van der Waals surface area contributed by atoms with E-state index in [1.807, 2.05) is 6.92 Å². The van der Waals surface area contributed by atoms with Crippen LogP contribution in [0.2, 0.25) is 0 Å². The first-order chi connectivity index (χ1) is 13.4. The number of benzene rings is 1. The lowest BCUT2D eigenvalue weighted by Gasteiger charge is -2.25. The van der Waals surface area contributed by atoms with Crippen molar-refractivity contribution in [2.75, 3.05) is 50.5 Å². The molecule has 1 unspecified atom stereocenters. The molecule has 1 aliphatic rings. The van der Waals surface area contributed by atoms with Crippen LogP contribution in [0.1, 0.15) is 13.3 Å². The number of nitrogens with zero attached hydrogens (tertiary/aromatic N) is 2. The maximum Gasteiger partial charge on any atom is 0.215 e. The summed E-state index contributed by atoms with van der Waals surface area (Å²) in [6.07, 6.45) is 0.553. The fourth-order valence-corrected chi connectivity index (χ4v) is 5.18. The Bertz CT molecular complexity index is 740. The van der Waals surface area contributed by atoms with Gasteiger partial charge in [0.15, 0.2) is 5.96 Å². The third-order valence-electron chi connectivity index (χ3n) is 4.29. The third-order valence-corrected chi connectivity index (χ3v) is 7.11. The van der Waals surface area contributed by atoms with Crippen LogP contribution in [0.3, 0.4) is 0 Å². The van der Waals surface area contributed by atoms with Crippen LogP contribution in [0.4, 0.5) is 4.39 Å². The highest BCUT2D eigenvalue weighted by atomic mass is 32.2. The molecule has 1 saturated heterocycles. The van der Waals surface area contributed by atoms with Crippen molar-refractivity contribution in [1.82, 2.24) is 14.9 Å². The smallest absolute Gasteiger partial charge is 0.215 e. The molecule has 28 heavy (non-hydrogen) atoms. The van der Waals surface area contributed by atoms with Crippen molar-refractivity contribution in [2.45, 2.75) is 19.4 Å². The number of halogens is 1. The first-order valence-corrected chi connectivity index (χ1v) is 12.1. The van der Waals surface area contributed by atoms with E-state index in [0.717, 1.165) is 17.9 Å². The summed E-state index contributed by atoms with van der Waals surface area (Å²) in [6, 6.07) is 6.03. The van der Waals surface area contributed by atoms with Crippen LogP contribution in [0, 0.1) is 5.82 Å². The Kier molecular flexibility index (Phi) is 9.33. The van der Waals surface area contributed by atoms with E-state index in [2.05, 4.69) is 15.6 Å². The maximum atomic E-state index is 13.3. The molecule has 1 heterocycles. The Hall–Kier alpha value is -1.52. The standard InChI is InChI=1S/C18H29FN4O3S2/c1-3-16(26-17-6-4-5-15(19)13-17)14-22-18(20-2)21-7-12-28(24,25)23-8-10-27-11-9-23/h4-6,13,16H,3,7-12,14H2,1-2H3,(H2,20,21,22). The van der Waals surface area contributed by atoms with E-state index in [0.29, 0.717) is 31.3 Å². The van der Waals surface area contributed by atoms with Crippen LogP contribution in [0.25, 0.3) is 0 Å². The SMILES string of the molecule is CCC(CNC(=NC)NCCS(=O)(=O)N1CCSCC1)Oc1cccc(F)c1. The van der Waals surface area contributed by atoms with Crippen LogP contribution in [0.5, 0.6) is 5.75 Å². The molecule has 2 N–H and O–H groups in total. The van der Waals surface area contributed by atoms with Crippen molar-refractivity contribution in [1.29, 1.82) is 0 Å². The molecule has 1 aromatic carbocycles. The number of hydrogen-bond donors (Lipinski definition) is 2. The number of nitrogens with one attached hydrogen (secondary N) is 2. The molecule has 1 aromatic rings. The second-order valence-corrected chi connectivity index (χ2v) is 9.63. The molecule has 158 valence electrons. The van der Waals surface area contributed by atoms with Gasteiger partial charge in [0.25, 0.3) is 0 Å². The Morgan fingerprint density at radius 1 is 1.36 bits per heavy atom. The normalized spacial score (nSPS) is 17.2. The number of aliphatic imine (C=N–C) groups is 1. The summed E-state index contributed by atoms with van der Waals surface area (Å²) in [7, 11) is -1.63. The average molecular weight is 433 g/mol. The maximum absolute atomic E-state index is 13.3. The quantitative estimate of drug-likeness (QED) is 0.455. The topological polar surface area (TPSA) is 83.0 Å². The van der Waals surface area contributed by atoms with Gasteiger partial charge in [-0.05, 0) is 18.6 Å². The zero-order chi connectivity index (χ0) is 20.4. The van der Waals surface area contributed by atoms with Gasteiger partial charge in [-0.15, -0.1) is 0 Å². The van der Waals surface area contributed by atoms with Crippen molar-refractivity contribution >= 4 is 27.7 Å². The van der Waals surface area contributed by atoms with Crippen LogP contribution in [-0.2, 0) is 10.0 Å². The van der Waals surface area contributed by atoms with Gasteiger partial charge < -0.3 is 15.4 Å². The van der Waals surface area contributed by atoms with Crippen molar-refractivity contribution < 1.29 is 17.5 Å². The zero-order valence-electron chi connectivity index (χ0n) is 16.4. The molecule has 0 saturated carbocycles. The van der Waals surface area contributed by atoms with E-state index in [4.69, 9.17) is 4.74 Å². The van der Waals surface area contributed by atoms with Gasteiger partial charge in [-0.3, -0.25) is 4.99 Å². The number of guanidine groups is 1. The molecule has 2 rings (SSSR count). The van der Waals surface area contributed by atoms with Gasteiger partial charge in [0, 0.05) is 44.3 Å². The minimum Gasteiger partial charge on any atom is -0.489 e. The van der Waals surface area contributed by atoms with Gasteiger partial charge >= 0.3 is 0 Å². The van der Waals surface area contributed by atoms with Crippen molar-refractivity contribution in [3.8, 4) is 5.75 Å². The second-order valence-electron chi connectivity index (χ2n) is 6.31. The molecule has 0 aromatic heterocycles. The van der Waals surface area contributed by atoms with Gasteiger partial charge in [0.1, 0.15) is 17.7 Å². The molecule has 1 fully saturated rings. The van der Waals surface area contributed by atoms with Crippen LogP contribution in [0.15, 0.2) is 29.3 Å². The lowest BCUT2D eigenvalue weighted by molar-refractivity contribution is 0.199. The summed E-state index contributed by atoms with van der Waals surface area (Å²) in [6.45, 7) is 3.87. The molecule has 0 spiro atoms. The zero-order valence-corrected chi connectivity index (χ0v) is 18.0. The highest BCUT2D eigenvalue weighted by Crippen LogP contribution is 2.15. The lowest BCUT2D eigenvalue weighted by atomic mass is 10.2. The highest BCUT2D eigenvalue weighted by molar-refractivity contribution is 7.99. The molecule has 1 atom stereocenters. The van der Waals surface area contributed by atoms with E-state index >= 15 is 0 Å². The van der Waals surface area contributed by atoms with Gasteiger partial charge in [-0.1, -0.05) is 13.0 Å². The summed E-state index contributed by atoms with van der Waals surface area (Å²) >= 11 is 1.78. The Labute approximate surface area is 171 Å². The summed E-state index contributed by atoms with van der Waals surface area (Å²) < 4.78 is 45.4. The molecule has 0 bridgehead atoms. The second kappa shape index (κ2) is 11.5. The van der Waals surface area contributed by atoms with Crippen molar-refractivity contribution in [3.05, 3.63) is 30.1 Å². The molecule has 10 heteroatoms. The Balaban J connectivity index is 1.76. The van der Waals surface area contributed by atoms with E-state index < -0.39 is 10.0 Å². The summed E-state index contributed by atoms with van der Waals surface area (Å²) in [5.74, 6) is 2.36. The highest BCUT2D eigenvalue weighted by Gasteiger charge is 2.23. The number of ether oxygens (including phenoxy) is 1. The third kappa shape index (κ3) is 7.48. The number of sulfonamides is 1. The molecule has 0 aliphatic carbocycles. The summed E-state index contributed by atoms with van der Waals surface area (Å²) in [4.78, 5) is 4.11. The summed E-state index contributed by atoms with van der Waals surface area (Å²) in [5, 5.41) is 6.16. The monoisotopic (exact) mass is 432 g/mol. The molecular weight excluding hydrogens is 403 g/mol. The van der Waals surface area contributed by atoms with Crippen LogP contribution < -0.4 is 15.4 Å². The first-order valence-electron chi connectivity index (χ1n) is 9.37. The average Bonchev–Trinajstić information content (AvgIpc) is 2.70. The predicted octanol–water partition coefficient (Wildman–Crippen LogP) is 1.53. The van der Waals surface area contributed by atoms with E-state index in [-0.39, 0.29) is 24.2 Å². The fourth-order valence-electron chi connectivity index (χ4n) is 2.69. The largest absolute Gasteiger partial charge is 0.489 e. The fraction of sp³-hybridized carbons (Fsp3) is 0.611. The van der Waals surface area contributed by atoms with Gasteiger partial charge in [-0.2, -0.15) is 11.8 Å². The van der Waals surface area contributed by atoms with Crippen molar-refractivity contribution in [2.24, 2.45) is 4.99 Å². The molecular formula is C18H29FN4O3S2. The molecule has 7 nitrogen and oxygen atoms in total. The van der Waals surface area contributed by atoms with Crippen molar-refractivity contribution in [3.63, 3.8) is 0 Å². The van der Waals surface area contributed by atoms with E-state index in [9.17, 15) is 12.8 Å². The van der Waals surface area contributed by atoms with Crippen LogP contribution in [-0.4, -0.2) is 75.3 Å². The van der Waals surface area contributed by atoms with Gasteiger partial charge in [0.05, 0.1) is 12.3 Å². The molecule has 0 radical (unpaired) electrons. The van der Waals surface area contributed by atoms with E-state index in [1.54, 1.807) is 35.2 Å². The minimum atomic E-state index is -3.25. The minimum absolute atomic E-state index is 0.0232. The van der Waals surface area contributed by atoms with Gasteiger partial charge in [-0.25, -0.2) is 17.1 Å². The predicted molar refractivity (Wildman–Crippen MR) is 113 cm³/mol. The molecule has 1 aliphatic heterocycles. The lowest BCUT2D eigenvalue weighted by Crippen LogP contribution is -2.46. The Morgan fingerprint density at radius 3 is 2.75 bits per heavy atom. The first kappa shape index (κ1) is 22.8. The van der Waals surface area contributed by atoms with Gasteiger partial charge in [0.2, 0.25) is 10.0 Å². The number of hydrogen-bond acceptors (Lipinski definition) is 5. The number of rotatable bonds is 9. The Morgan fingerprint density at radius 2 is 2.11 bits per heavy atom. The number of thioether (sulfide) groups is 1. The molecule has 0 amide bonds. The van der Waals surface area contributed by atoms with E-state index in [1.165, 1.54) is 12.1 Å². The summed E-state index contributed by atoms with van der Waals surface area (Å²) in [5.41, 5.74) is 0. The van der Waals surface area contributed by atoms with Crippen LogP contribution >= 0.6 is 11.8 Å².